The van der Waals surface area contributed by atoms with Gasteiger partial charge in [-0.15, -0.1) is 0 Å². The van der Waals surface area contributed by atoms with Crippen LogP contribution in [0.3, 0.4) is 0 Å². The Kier molecular flexibility index (Phi) is 7.19. The van der Waals surface area contributed by atoms with E-state index in [0.29, 0.717) is 22.7 Å². The molecule has 0 heterocycles. The number of alkyl halides is 6. The molecule has 0 bridgehead atoms. The van der Waals surface area contributed by atoms with E-state index < -0.39 is 29.2 Å². The molecule has 0 saturated carbocycles. The van der Waals surface area contributed by atoms with Gasteiger partial charge in [-0.3, -0.25) is 5.43 Å². The Hall–Kier alpha value is -2.53. The monoisotopic (exact) mass is 468 g/mol. The van der Waals surface area contributed by atoms with Crippen LogP contribution in [0.25, 0.3) is 0 Å². The first kappa shape index (κ1) is 23.7. The number of hydrogen-bond acceptors (Lipinski definition) is 3. The highest BCUT2D eigenvalue weighted by atomic mass is 35.5. The van der Waals surface area contributed by atoms with Crippen molar-refractivity contribution >= 4 is 46.5 Å². The lowest BCUT2D eigenvalue weighted by Crippen LogP contribution is -2.24. The maximum atomic E-state index is 12.9. The van der Waals surface area contributed by atoms with E-state index in [4.69, 9.17) is 23.8 Å². The van der Waals surface area contributed by atoms with Gasteiger partial charge in [0.05, 0.1) is 22.4 Å². The first-order chi connectivity index (χ1) is 13.8. The van der Waals surface area contributed by atoms with Crippen molar-refractivity contribution in [3.05, 3.63) is 58.1 Å². The minimum atomic E-state index is -4.96. The van der Waals surface area contributed by atoms with Gasteiger partial charge in [0.25, 0.3) is 0 Å². The smallest absolute Gasteiger partial charge is 0.378 e. The molecule has 0 amide bonds. The summed E-state index contributed by atoms with van der Waals surface area (Å²) in [5, 5.41) is 6.13. The van der Waals surface area contributed by atoms with Crippen LogP contribution < -0.4 is 15.6 Å². The number of hydrogen-bond donors (Lipinski definition) is 2. The predicted octanol–water partition coefficient (Wildman–Crippen LogP) is 5.76. The van der Waals surface area contributed by atoms with Gasteiger partial charge in [-0.2, -0.15) is 31.4 Å². The molecule has 30 heavy (non-hydrogen) atoms. The van der Waals surface area contributed by atoms with Crippen LogP contribution in [0, 0.1) is 0 Å². The molecule has 0 aromatic heterocycles. The number of nitrogens with zero attached hydrogens (tertiary/aromatic N) is 2. The molecular weight excluding hydrogens is 454 g/mol. The molecule has 0 saturated heterocycles. The van der Waals surface area contributed by atoms with E-state index in [-0.39, 0.29) is 11.2 Å². The summed E-state index contributed by atoms with van der Waals surface area (Å²) in [4.78, 5) is 1.84. The molecular formula is C18H15ClF6N4S. The van der Waals surface area contributed by atoms with Crippen LogP contribution in [-0.2, 0) is 12.4 Å². The number of rotatable bonds is 4. The Morgan fingerprint density at radius 3 is 2.03 bits per heavy atom. The molecule has 2 aromatic carbocycles. The molecule has 0 fully saturated rings. The Bertz CT molecular complexity index is 924. The van der Waals surface area contributed by atoms with E-state index in [1.54, 1.807) is 18.2 Å². The lowest BCUT2D eigenvalue weighted by molar-refractivity contribution is -0.143. The van der Waals surface area contributed by atoms with E-state index in [2.05, 4.69) is 15.8 Å². The van der Waals surface area contributed by atoms with Crippen molar-refractivity contribution in [1.82, 2.24) is 5.43 Å². The average Bonchev–Trinajstić information content (AvgIpc) is 2.61. The van der Waals surface area contributed by atoms with Gasteiger partial charge in [-0.05, 0) is 48.6 Å². The molecule has 162 valence electrons. The van der Waals surface area contributed by atoms with Crippen molar-refractivity contribution < 1.29 is 26.3 Å². The zero-order valence-electron chi connectivity index (χ0n) is 15.5. The van der Waals surface area contributed by atoms with E-state index in [0.717, 1.165) is 5.69 Å². The second-order valence-electron chi connectivity index (χ2n) is 6.22. The largest absolute Gasteiger partial charge is 0.416 e. The van der Waals surface area contributed by atoms with Gasteiger partial charge in [-0.1, -0.05) is 11.6 Å². The summed E-state index contributed by atoms with van der Waals surface area (Å²) in [6.45, 7) is 0. The molecule has 0 aliphatic heterocycles. The first-order valence-corrected chi connectivity index (χ1v) is 8.92. The highest BCUT2D eigenvalue weighted by Gasteiger charge is 2.37. The summed E-state index contributed by atoms with van der Waals surface area (Å²) in [6, 6.07) is 6.22. The van der Waals surface area contributed by atoms with Gasteiger partial charge >= 0.3 is 12.4 Å². The maximum absolute atomic E-state index is 12.9. The molecule has 0 aliphatic rings. The summed E-state index contributed by atoms with van der Waals surface area (Å²) in [6.07, 6.45) is -8.61. The summed E-state index contributed by atoms with van der Waals surface area (Å²) in [5.41, 5.74) is 0.290. The van der Waals surface area contributed by atoms with Gasteiger partial charge in [0, 0.05) is 31.0 Å². The van der Waals surface area contributed by atoms with Crippen LogP contribution in [0.2, 0.25) is 5.02 Å². The van der Waals surface area contributed by atoms with Gasteiger partial charge < -0.3 is 10.2 Å². The molecule has 0 aliphatic carbocycles. The Balaban J connectivity index is 2.13. The second kappa shape index (κ2) is 9.09. The average molecular weight is 469 g/mol. The third-order valence-electron chi connectivity index (χ3n) is 3.72. The minimum absolute atomic E-state index is 0.0270. The molecule has 2 N–H and O–H groups in total. The summed E-state index contributed by atoms with van der Waals surface area (Å²) in [7, 11) is 3.67. The van der Waals surface area contributed by atoms with Crippen LogP contribution in [0.1, 0.15) is 16.7 Å². The SMILES string of the molecule is CN(C)c1ccc(C=NNC(=S)Nc2cc(C(F)(F)F)cc(C(F)(F)F)c2)c(Cl)c1. The molecule has 0 unspecified atom stereocenters. The Labute approximate surface area is 178 Å². The van der Waals surface area contributed by atoms with Crippen LogP contribution in [0.5, 0.6) is 0 Å². The third-order valence-corrected chi connectivity index (χ3v) is 4.24. The van der Waals surface area contributed by atoms with Gasteiger partial charge in [0.15, 0.2) is 5.11 Å². The minimum Gasteiger partial charge on any atom is -0.378 e. The highest BCUT2D eigenvalue weighted by molar-refractivity contribution is 7.80. The fourth-order valence-electron chi connectivity index (χ4n) is 2.25. The number of hydrazone groups is 1. The van der Waals surface area contributed by atoms with Crippen molar-refractivity contribution in [2.24, 2.45) is 5.10 Å². The quantitative estimate of drug-likeness (QED) is 0.259. The molecule has 0 radical (unpaired) electrons. The van der Waals surface area contributed by atoms with Crippen LogP contribution in [0.4, 0.5) is 37.7 Å². The van der Waals surface area contributed by atoms with Crippen molar-refractivity contribution in [2.45, 2.75) is 12.4 Å². The van der Waals surface area contributed by atoms with Crippen molar-refractivity contribution in [3.63, 3.8) is 0 Å². The highest BCUT2D eigenvalue weighted by Crippen LogP contribution is 2.37. The zero-order chi connectivity index (χ0) is 22.7. The Morgan fingerprint density at radius 1 is 1.00 bits per heavy atom. The summed E-state index contributed by atoms with van der Waals surface area (Å²) < 4.78 is 77.4. The molecule has 12 heteroatoms. The van der Waals surface area contributed by atoms with Gasteiger partial charge in [0.1, 0.15) is 0 Å². The first-order valence-electron chi connectivity index (χ1n) is 8.14. The molecule has 2 aromatic rings. The molecule has 0 atom stereocenters. The van der Waals surface area contributed by atoms with E-state index in [9.17, 15) is 26.3 Å². The van der Waals surface area contributed by atoms with Crippen molar-refractivity contribution in [3.8, 4) is 0 Å². The number of nitrogens with one attached hydrogen (secondary N) is 2. The second-order valence-corrected chi connectivity index (χ2v) is 7.03. The lowest BCUT2D eigenvalue weighted by atomic mass is 10.1. The van der Waals surface area contributed by atoms with Crippen LogP contribution in [-0.4, -0.2) is 25.4 Å². The van der Waals surface area contributed by atoms with Crippen molar-refractivity contribution in [1.29, 1.82) is 0 Å². The molecule has 2 rings (SSSR count). The summed E-state index contributed by atoms with van der Waals surface area (Å²) >= 11 is 11.0. The molecule has 0 spiro atoms. The van der Waals surface area contributed by atoms with Crippen LogP contribution in [0.15, 0.2) is 41.5 Å². The normalized spacial score (nSPS) is 12.2. The van der Waals surface area contributed by atoms with E-state index in [1.165, 1.54) is 6.21 Å². The third kappa shape index (κ3) is 6.49. The maximum Gasteiger partial charge on any atom is 0.416 e. The van der Waals surface area contributed by atoms with E-state index in [1.807, 2.05) is 19.0 Å². The number of anilines is 2. The van der Waals surface area contributed by atoms with E-state index >= 15 is 0 Å². The van der Waals surface area contributed by atoms with Crippen LogP contribution >= 0.6 is 23.8 Å². The molecule has 4 nitrogen and oxygen atoms in total. The standard InChI is InChI=1S/C18H15ClF6N4S/c1-29(2)14-4-3-10(15(19)8-14)9-26-28-16(30)27-13-6-11(17(20,21)22)5-12(7-13)18(23,24)25/h3-9H,1-2H3,(H2,27,28,30). The van der Waals surface area contributed by atoms with Gasteiger partial charge in [-0.25, -0.2) is 0 Å². The lowest BCUT2D eigenvalue weighted by Gasteiger charge is -2.15. The fraction of sp³-hybridized carbons (Fsp3) is 0.222. The number of halogens is 7. The summed E-state index contributed by atoms with van der Waals surface area (Å²) in [5.74, 6) is 0. The number of benzene rings is 2. The van der Waals surface area contributed by atoms with Crippen molar-refractivity contribution in [2.75, 3.05) is 24.3 Å². The topological polar surface area (TPSA) is 39.7 Å². The zero-order valence-corrected chi connectivity index (χ0v) is 17.1. The fourth-order valence-corrected chi connectivity index (χ4v) is 2.64. The predicted molar refractivity (Wildman–Crippen MR) is 109 cm³/mol. The number of thiocarbonyl (C=S) groups is 1. The van der Waals surface area contributed by atoms with Gasteiger partial charge in [0.2, 0.25) is 0 Å². The Morgan fingerprint density at radius 2 is 1.57 bits per heavy atom.